The van der Waals surface area contributed by atoms with Gasteiger partial charge in [-0.1, -0.05) is 32.9 Å². The number of hydrogen-bond acceptors (Lipinski definition) is 1. The van der Waals surface area contributed by atoms with Crippen molar-refractivity contribution in [2.45, 2.75) is 33.1 Å². The van der Waals surface area contributed by atoms with Crippen LogP contribution in [0.5, 0.6) is 0 Å². The molecule has 0 aliphatic rings. The second-order valence-electron chi connectivity index (χ2n) is 5.79. The molecule has 2 aromatic rings. The molecule has 1 aromatic carbocycles. The van der Waals surface area contributed by atoms with Crippen molar-refractivity contribution in [2.75, 3.05) is 0 Å². The van der Waals surface area contributed by atoms with E-state index in [2.05, 4.69) is 32.9 Å². The van der Waals surface area contributed by atoms with Crippen molar-refractivity contribution in [1.82, 2.24) is 4.57 Å². The van der Waals surface area contributed by atoms with E-state index < -0.39 is 5.97 Å². The quantitative estimate of drug-likeness (QED) is 0.889. The molecule has 0 aliphatic carbocycles. The monoisotopic (exact) mass is 257 g/mol. The number of nitrogens with zero attached hydrogens (tertiary/aromatic N) is 1. The van der Waals surface area contributed by atoms with Crippen LogP contribution in [0.1, 0.15) is 42.4 Å². The van der Waals surface area contributed by atoms with Crippen LogP contribution in [0.25, 0.3) is 5.69 Å². The van der Waals surface area contributed by atoms with Crippen molar-refractivity contribution >= 4 is 5.97 Å². The van der Waals surface area contributed by atoms with Crippen molar-refractivity contribution < 1.29 is 9.90 Å². The van der Waals surface area contributed by atoms with Gasteiger partial charge in [-0.2, -0.15) is 0 Å². The van der Waals surface area contributed by atoms with Gasteiger partial charge in [0.05, 0.1) is 5.56 Å². The summed E-state index contributed by atoms with van der Waals surface area (Å²) in [6.45, 7) is 8.34. The molecular formula is C16H19NO2. The van der Waals surface area contributed by atoms with Gasteiger partial charge in [-0.25, -0.2) is 4.79 Å². The summed E-state index contributed by atoms with van der Waals surface area (Å²) >= 11 is 0. The Kier molecular flexibility index (Phi) is 3.23. The van der Waals surface area contributed by atoms with Crippen LogP contribution in [-0.2, 0) is 5.41 Å². The Labute approximate surface area is 113 Å². The van der Waals surface area contributed by atoms with Crippen LogP contribution in [0.3, 0.4) is 0 Å². The fourth-order valence-electron chi connectivity index (χ4n) is 2.14. The normalized spacial score (nSPS) is 11.6. The Morgan fingerprint density at radius 3 is 2.11 bits per heavy atom. The molecule has 0 aliphatic heterocycles. The standard InChI is InChI=1S/C16H19NO2/c1-11-14(15(18)19)9-10-17(11)13-7-5-12(6-8-13)16(2,3)4/h5-10H,1-4H3,(H,18,19). The predicted octanol–water partition coefficient (Wildman–Crippen LogP) is 3.78. The fourth-order valence-corrected chi connectivity index (χ4v) is 2.14. The molecule has 1 heterocycles. The Hall–Kier alpha value is -2.03. The highest BCUT2D eigenvalue weighted by molar-refractivity contribution is 5.89. The molecule has 0 spiro atoms. The maximum Gasteiger partial charge on any atom is 0.337 e. The van der Waals surface area contributed by atoms with Crippen molar-refractivity contribution in [1.29, 1.82) is 0 Å². The van der Waals surface area contributed by atoms with E-state index in [1.807, 2.05) is 23.6 Å². The Morgan fingerprint density at radius 1 is 1.11 bits per heavy atom. The number of carbonyl (C=O) groups is 1. The number of carboxylic acid groups (broad SMARTS) is 1. The van der Waals surface area contributed by atoms with Gasteiger partial charge >= 0.3 is 5.97 Å². The van der Waals surface area contributed by atoms with E-state index in [0.29, 0.717) is 5.56 Å². The predicted molar refractivity (Wildman–Crippen MR) is 76.2 cm³/mol. The summed E-state index contributed by atoms with van der Waals surface area (Å²) in [5, 5.41) is 9.06. The van der Waals surface area contributed by atoms with Crippen LogP contribution < -0.4 is 0 Å². The topological polar surface area (TPSA) is 42.2 Å². The first-order chi connectivity index (χ1) is 8.80. The van der Waals surface area contributed by atoms with Gasteiger partial charge in [0.15, 0.2) is 0 Å². The average Bonchev–Trinajstić information content (AvgIpc) is 2.70. The molecule has 0 radical (unpaired) electrons. The Morgan fingerprint density at radius 2 is 1.68 bits per heavy atom. The van der Waals surface area contributed by atoms with Gasteiger partial charge in [0.2, 0.25) is 0 Å². The van der Waals surface area contributed by atoms with Gasteiger partial charge < -0.3 is 9.67 Å². The molecule has 3 nitrogen and oxygen atoms in total. The lowest BCUT2D eigenvalue weighted by Crippen LogP contribution is -2.11. The van der Waals surface area contributed by atoms with Gasteiger partial charge in [0.25, 0.3) is 0 Å². The lowest BCUT2D eigenvalue weighted by atomic mass is 9.87. The molecule has 2 rings (SSSR count). The summed E-state index contributed by atoms with van der Waals surface area (Å²) in [5.41, 5.74) is 3.46. The minimum Gasteiger partial charge on any atom is -0.478 e. The molecule has 0 bridgehead atoms. The van der Waals surface area contributed by atoms with E-state index in [4.69, 9.17) is 5.11 Å². The Bertz CT molecular complexity index is 601. The average molecular weight is 257 g/mol. The minimum atomic E-state index is -0.887. The first kappa shape index (κ1) is 13.4. The number of rotatable bonds is 2. The second kappa shape index (κ2) is 4.57. The summed E-state index contributed by atoms with van der Waals surface area (Å²) in [4.78, 5) is 11.0. The summed E-state index contributed by atoms with van der Waals surface area (Å²) in [7, 11) is 0. The SMILES string of the molecule is Cc1c(C(=O)O)ccn1-c1ccc(C(C)(C)C)cc1. The van der Waals surface area contributed by atoms with Crippen LogP contribution >= 0.6 is 0 Å². The largest absolute Gasteiger partial charge is 0.478 e. The summed E-state index contributed by atoms with van der Waals surface area (Å²) in [6, 6.07) is 9.87. The van der Waals surface area contributed by atoms with Crippen molar-refractivity contribution in [2.24, 2.45) is 0 Å². The van der Waals surface area contributed by atoms with E-state index in [-0.39, 0.29) is 5.41 Å². The van der Waals surface area contributed by atoms with Crippen LogP contribution in [-0.4, -0.2) is 15.6 Å². The van der Waals surface area contributed by atoms with E-state index in [1.165, 1.54) is 5.56 Å². The van der Waals surface area contributed by atoms with E-state index in [0.717, 1.165) is 11.4 Å². The number of aromatic nitrogens is 1. The summed E-state index contributed by atoms with van der Waals surface area (Å²) < 4.78 is 1.90. The lowest BCUT2D eigenvalue weighted by molar-refractivity contribution is 0.0696. The highest BCUT2D eigenvalue weighted by atomic mass is 16.4. The van der Waals surface area contributed by atoms with E-state index in [9.17, 15) is 4.79 Å². The smallest absolute Gasteiger partial charge is 0.337 e. The number of aromatic carboxylic acids is 1. The highest BCUT2D eigenvalue weighted by Gasteiger charge is 2.15. The highest BCUT2D eigenvalue weighted by Crippen LogP contribution is 2.24. The fraction of sp³-hybridized carbons (Fsp3) is 0.312. The van der Waals surface area contributed by atoms with Gasteiger partial charge in [0, 0.05) is 17.6 Å². The lowest BCUT2D eigenvalue weighted by Gasteiger charge is -2.19. The molecule has 19 heavy (non-hydrogen) atoms. The van der Waals surface area contributed by atoms with E-state index in [1.54, 1.807) is 12.3 Å². The molecule has 100 valence electrons. The van der Waals surface area contributed by atoms with Crippen LogP contribution in [0.2, 0.25) is 0 Å². The third-order valence-electron chi connectivity index (χ3n) is 3.38. The molecule has 0 saturated carbocycles. The zero-order valence-corrected chi connectivity index (χ0v) is 11.8. The number of hydrogen-bond donors (Lipinski definition) is 1. The molecule has 0 amide bonds. The first-order valence-corrected chi connectivity index (χ1v) is 6.33. The first-order valence-electron chi connectivity index (χ1n) is 6.33. The van der Waals surface area contributed by atoms with Crippen molar-refractivity contribution in [3.05, 3.63) is 53.3 Å². The summed E-state index contributed by atoms with van der Waals surface area (Å²) in [5.74, 6) is -0.887. The van der Waals surface area contributed by atoms with Gasteiger partial charge in [-0.15, -0.1) is 0 Å². The zero-order valence-electron chi connectivity index (χ0n) is 11.8. The third-order valence-corrected chi connectivity index (χ3v) is 3.38. The molecule has 0 fully saturated rings. The van der Waals surface area contributed by atoms with Crippen LogP contribution in [0.4, 0.5) is 0 Å². The van der Waals surface area contributed by atoms with Crippen LogP contribution in [0.15, 0.2) is 36.5 Å². The molecule has 1 aromatic heterocycles. The maximum absolute atomic E-state index is 11.0. The molecule has 0 unspecified atom stereocenters. The Balaban J connectivity index is 2.41. The molecule has 3 heteroatoms. The van der Waals surface area contributed by atoms with Crippen LogP contribution in [0, 0.1) is 6.92 Å². The van der Waals surface area contributed by atoms with Crippen molar-refractivity contribution in [3.8, 4) is 5.69 Å². The third kappa shape index (κ3) is 2.55. The van der Waals surface area contributed by atoms with Gasteiger partial charge in [-0.05, 0) is 36.1 Å². The van der Waals surface area contributed by atoms with Gasteiger partial charge in [-0.3, -0.25) is 0 Å². The van der Waals surface area contributed by atoms with Crippen molar-refractivity contribution in [3.63, 3.8) is 0 Å². The van der Waals surface area contributed by atoms with E-state index >= 15 is 0 Å². The summed E-state index contributed by atoms with van der Waals surface area (Å²) in [6.07, 6.45) is 1.80. The number of benzene rings is 1. The molecular weight excluding hydrogens is 238 g/mol. The molecule has 0 atom stereocenters. The maximum atomic E-state index is 11.0. The van der Waals surface area contributed by atoms with Gasteiger partial charge in [0.1, 0.15) is 0 Å². The number of carboxylic acids is 1. The molecule has 1 N–H and O–H groups in total. The zero-order chi connectivity index (χ0) is 14.2. The minimum absolute atomic E-state index is 0.122. The molecule has 0 saturated heterocycles. The second-order valence-corrected chi connectivity index (χ2v) is 5.79.